The number of aromatic nitrogens is 2. The highest BCUT2D eigenvalue weighted by Crippen LogP contribution is 2.24. The summed E-state index contributed by atoms with van der Waals surface area (Å²) >= 11 is 0. The van der Waals surface area contributed by atoms with Gasteiger partial charge in [0.05, 0.1) is 7.11 Å². The summed E-state index contributed by atoms with van der Waals surface area (Å²) in [6.07, 6.45) is 2.44. The molecule has 0 aliphatic carbocycles. The van der Waals surface area contributed by atoms with Gasteiger partial charge < -0.3 is 15.2 Å². The molecule has 18 heavy (non-hydrogen) atoms. The molecule has 6 heteroatoms. The number of carboxylic acid groups (broad SMARTS) is 1. The predicted octanol–water partition coefficient (Wildman–Crippen LogP) is 0.803. The minimum atomic E-state index is -1.05. The first-order valence-electron chi connectivity index (χ1n) is 5.61. The van der Waals surface area contributed by atoms with Gasteiger partial charge in [-0.25, -0.2) is 9.78 Å². The quantitative estimate of drug-likeness (QED) is 0.819. The van der Waals surface area contributed by atoms with Crippen LogP contribution in [0.2, 0.25) is 0 Å². The van der Waals surface area contributed by atoms with Gasteiger partial charge in [0.15, 0.2) is 5.69 Å². The van der Waals surface area contributed by atoms with E-state index in [2.05, 4.69) is 10.3 Å². The van der Waals surface area contributed by atoms with Crippen LogP contribution in [0.3, 0.4) is 0 Å². The monoisotopic (exact) mass is 249 g/mol. The molecule has 2 heterocycles. The normalized spacial score (nSPS) is 10.8. The predicted molar refractivity (Wildman–Crippen MR) is 66.3 cm³/mol. The fraction of sp³-hybridized carbons (Fsp3) is 0.333. The van der Waals surface area contributed by atoms with Crippen LogP contribution >= 0.6 is 0 Å². The molecule has 2 aromatic rings. The van der Waals surface area contributed by atoms with Crippen molar-refractivity contribution < 1.29 is 14.6 Å². The summed E-state index contributed by atoms with van der Waals surface area (Å²) in [7, 11) is 3.36. The maximum Gasteiger partial charge on any atom is 0.356 e. The van der Waals surface area contributed by atoms with Crippen LogP contribution in [-0.2, 0) is 6.42 Å². The Hall–Kier alpha value is -2.08. The zero-order valence-corrected chi connectivity index (χ0v) is 10.3. The van der Waals surface area contributed by atoms with E-state index in [-0.39, 0.29) is 5.69 Å². The molecule has 6 nitrogen and oxygen atoms in total. The molecule has 0 unspecified atom stereocenters. The number of pyridine rings is 1. The summed E-state index contributed by atoms with van der Waals surface area (Å²) in [6, 6.07) is 3.54. The van der Waals surface area contributed by atoms with Crippen LogP contribution in [0.15, 0.2) is 18.3 Å². The van der Waals surface area contributed by atoms with Crippen LogP contribution in [0.5, 0.6) is 5.75 Å². The summed E-state index contributed by atoms with van der Waals surface area (Å²) in [5.41, 5.74) is 0.525. The number of nitrogens with one attached hydrogen (secondary N) is 1. The van der Waals surface area contributed by atoms with Gasteiger partial charge in [-0.3, -0.25) is 4.40 Å². The van der Waals surface area contributed by atoms with Crippen LogP contribution in [0, 0.1) is 0 Å². The van der Waals surface area contributed by atoms with E-state index in [9.17, 15) is 9.90 Å². The average molecular weight is 249 g/mol. The van der Waals surface area contributed by atoms with Gasteiger partial charge in [-0.1, -0.05) is 0 Å². The largest absolute Gasteiger partial charge is 0.494 e. The summed E-state index contributed by atoms with van der Waals surface area (Å²) in [5, 5.41) is 12.2. The zero-order valence-electron chi connectivity index (χ0n) is 10.3. The Morgan fingerprint density at radius 3 is 3.00 bits per heavy atom. The second-order valence-corrected chi connectivity index (χ2v) is 3.83. The number of nitrogens with zero attached hydrogens (tertiary/aromatic N) is 2. The van der Waals surface area contributed by atoms with Crippen molar-refractivity contribution in [2.45, 2.75) is 6.42 Å². The van der Waals surface area contributed by atoms with E-state index < -0.39 is 5.97 Å². The summed E-state index contributed by atoms with van der Waals surface area (Å²) in [4.78, 5) is 15.4. The van der Waals surface area contributed by atoms with Crippen molar-refractivity contribution in [3.05, 3.63) is 29.8 Å². The van der Waals surface area contributed by atoms with Crippen LogP contribution in [0.1, 0.15) is 16.3 Å². The molecule has 96 valence electrons. The van der Waals surface area contributed by atoms with Crippen molar-refractivity contribution in [1.82, 2.24) is 14.7 Å². The Kier molecular flexibility index (Phi) is 3.47. The Balaban J connectivity index is 2.64. The zero-order chi connectivity index (χ0) is 13.1. The number of fused-ring (bicyclic) bond motifs is 1. The average Bonchev–Trinajstić information content (AvgIpc) is 2.75. The van der Waals surface area contributed by atoms with Crippen LogP contribution in [-0.4, -0.2) is 41.2 Å². The second kappa shape index (κ2) is 5.05. The number of aromatic carboxylic acids is 1. The first kappa shape index (κ1) is 12.4. The van der Waals surface area contributed by atoms with Gasteiger partial charge in [-0.15, -0.1) is 0 Å². The number of likely N-dealkylation sites (N-methyl/N-ethyl adjacent to an activating group) is 1. The van der Waals surface area contributed by atoms with Crippen molar-refractivity contribution in [3.8, 4) is 5.75 Å². The van der Waals surface area contributed by atoms with Gasteiger partial charge in [-0.05, 0) is 19.2 Å². The molecule has 0 aromatic carbocycles. The van der Waals surface area contributed by atoms with Crippen LogP contribution < -0.4 is 10.1 Å². The molecule has 0 fully saturated rings. The molecule has 0 spiro atoms. The number of hydrogen-bond donors (Lipinski definition) is 2. The molecule has 0 aliphatic rings. The first-order valence-corrected chi connectivity index (χ1v) is 5.61. The first-order chi connectivity index (χ1) is 8.69. The van der Waals surface area contributed by atoms with E-state index in [1.165, 1.54) is 7.11 Å². The third kappa shape index (κ3) is 2.02. The lowest BCUT2D eigenvalue weighted by molar-refractivity contribution is 0.0693. The van der Waals surface area contributed by atoms with Crippen molar-refractivity contribution in [2.75, 3.05) is 20.7 Å². The molecule has 2 aromatic heterocycles. The number of carbonyl (C=O) groups is 1. The van der Waals surface area contributed by atoms with E-state index in [1.54, 1.807) is 16.7 Å². The molecular weight excluding hydrogens is 234 g/mol. The van der Waals surface area contributed by atoms with E-state index in [0.29, 0.717) is 23.5 Å². The van der Waals surface area contributed by atoms with Gasteiger partial charge in [0.1, 0.15) is 17.1 Å². The van der Waals surface area contributed by atoms with Crippen molar-refractivity contribution in [1.29, 1.82) is 0 Å². The number of rotatable bonds is 5. The second-order valence-electron chi connectivity index (χ2n) is 3.83. The molecule has 2 N–H and O–H groups in total. The Labute approximate surface area is 104 Å². The standard InChI is InChI=1S/C12H15N3O3/c1-13-6-5-9-14-10(12(16)17)11-8(18-2)4-3-7-15(9)11/h3-4,7,13H,5-6H2,1-2H3,(H,16,17). The Morgan fingerprint density at radius 1 is 1.61 bits per heavy atom. The maximum atomic E-state index is 11.2. The lowest BCUT2D eigenvalue weighted by Gasteiger charge is -2.04. The highest BCUT2D eigenvalue weighted by atomic mass is 16.5. The van der Waals surface area contributed by atoms with Gasteiger partial charge >= 0.3 is 5.97 Å². The summed E-state index contributed by atoms with van der Waals surface area (Å²) in [6.45, 7) is 0.732. The number of carboxylic acids is 1. The maximum absolute atomic E-state index is 11.2. The minimum absolute atomic E-state index is 0.0264. The van der Waals surface area contributed by atoms with E-state index in [1.807, 2.05) is 13.1 Å². The SMILES string of the molecule is CNCCc1nc(C(=O)O)c2c(OC)cccn12. The molecule has 2 rings (SSSR count). The van der Waals surface area contributed by atoms with Crippen LogP contribution in [0.4, 0.5) is 0 Å². The molecule has 0 aliphatic heterocycles. The topological polar surface area (TPSA) is 75.9 Å². The Bertz CT molecular complexity index is 577. The van der Waals surface area contributed by atoms with E-state index in [4.69, 9.17) is 4.74 Å². The highest BCUT2D eigenvalue weighted by Gasteiger charge is 2.19. The number of hydrogen-bond acceptors (Lipinski definition) is 4. The lowest BCUT2D eigenvalue weighted by Crippen LogP contribution is -2.12. The highest BCUT2D eigenvalue weighted by molar-refractivity contribution is 5.95. The molecule has 0 atom stereocenters. The molecular formula is C12H15N3O3. The molecule has 0 amide bonds. The lowest BCUT2D eigenvalue weighted by atomic mass is 10.3. The third-order valence-corrected chi connectivity index (χ3v) is 2.72. The fourth-order valence-corrected chi connectivity index (χ4v) is 1.90. The summed E-state index contributed by atoms with van der Waals surface area (Å²) < 4.78 is 6.96. The molecule has 0 saturated carbocycles. The molecule has 0 bridgehead atoms. The number of ether oxygens (including phenoxy) is 1. The minimum Gasteiger partial charge on any atom is -0.494 e. The smallest absolute Gasteiger partial charge is 0.356 e. The Morgan fingerprint density at radius 2 is 2.39 bits per heavy atom. The van der Waals surface area contributed by atoms with Crippen LogP contribution in [0.25, 0.3) is 5.52 Å². The van der Waals surface area contributed by atoms with E-state index >= 15 is 0 Å². The number of imidazole rings is 1. The van der Waals surface area contributed by atoms with Gasteiger partial charge in [0, 0.05) is 19.2 Å². The van der Waals surface area contributed by atoms with Gasteiger partial charge in [-0.2, -0.15) is 0 Å². The number of methoxy groups -OCH3 is 1. The fourth-order valence-electron chi connectivity index (χ4n) is 1.90. The van der Waals surface area contributed by atoms with Crippen molar-refractivity contribution >= 4 is 11.5 Å². The van der Waals surface area contributed by atoms with Crippen molar-refractivity contribution in [2.24, 2.45) is 0 Å². The summed E-state index contributed by atoms with van der Waals surface area (Å²) in [5.74, 6) is 0.168. The van der Waals surface area contributed by atoms with Gasteiger partial charge in [0.25, 0.3) is 0 Å². The van der Waals surface area contributed by atoms with Gasteiger partial charge in [0.2, 0.25) is 0 Å². The molecule has 0 radical (unpaired) electrons. The third-order valence-electron chi connectivity index (χ3n) is 2.72. The van der Waals surface area contributed by atoms with Crippen molar-refractivity contribution in [3.63, 3.8) is 0 Å². The van der Waals surface area contributed by atoms with E-state index in [0.717, 1.165) is 6.54 Å². The molecule has 0 saturated heterocycles.